The van der Waals surface area contributed by atoms with Gasteiger partial charge < -0.3 is 14.4 Å². The number of carbonyl (C=O) groups excluding carboxylic acids is 2. The zero-order chi connectivity index (χ0) is 21.3. The van der Waals surface area contributed by atoms with Crippen molar-refractivity contribution in [2.24, 2.45) is 0 Å². The lowest BCUT2D eigenvalue weighted by Crippen LogP contribution is -2.30. The van der Waals surface area contributed by atoms with E-state index in [0.717, 1.165) is 5.56 Å². The molecule has 0 saturated heterocycles. The molecule has 1 N–H and O–H groups in total. The molecular weight excluding hydrogens is 388 g/mol. The van der Waals surface area contributed by atoms with E-state index in [-0.39, 0.29) is 23.6 Å². The molecular formula is C22H16N2O6. The number of ketones is 1. The second kappa shape index (κ2) is 7.67. The maximum Gasteiger partial charge on any atom is 0.290 e. The molecule has 0 spiro atoms. The topological polar surface area (TPSA) is 114 Å². The van der Waals surface area contributed by atoms with Crippen molar-refractivity contribution in [1.82, 2.24) is 4.90 Å². The number of aliphatic hydroxyl groups excluding tert-OH is 1. The van der Waals surface area contributed by atoms with E-state index in [1.807, 2.05) is 6.07 Å². The van der Waals surface area contributed by atoms with E-state index in [1.165, 1.54) is 41.5 Å². The second-order valence-electron chi connectivity index (χ2n) is 6.74. The van der Waals surface area contributed by atoms with Crippen LogP contribution in [0.3, 0.4) is 0 Å². The first-order valence-electron chi connectivity index (χ1n) is 9.08. The van der Waals surface area contributed by atoms with Gasteiger partial charge in [0.1, 0.15) is 0 Å². The minimum Gasteiger partial charge on any atom is -0.503 e. The number of nitrogens with zero attached hydrogens (tertiary/aromatic N) is 2. The average molecular weight is 404 g/mol. The van der Waals surface area contributed by atoms with Crippen LogP contribution >= 0.6 is 0 Å². The van der Waals surface area contributed by atoms with Crippen molar-refractivity contribution in [2.45, 2.75) is 12.6 Å². The lowest BCUT2D eigenvalue weighted by Gasteiger charge is -2.26. The maximum atomic E-state index is 13.0. The summed E-state index contributed by atoms with van der Waals surface area (Å²) < 4.78 is 5.16. The highest BCUT2D eigenvalue weighted by Crippen LogP contribution is 2.40. The molecule has 3 aromatic rings. The van der Waals surface area contributed by atoms with Gasteiger partial charge in [-0.3, -0.25) is 19.7 Å². The van der Waals surface area contributed by atoms with Gasteiger partial charge in [-0.1, -0.05) is 42.5 Å². The van der Waals surface area contributed by atoms with Crippen LogP contribution in [-0.4, -0.2) is 26.6 Å². The molecule has 1 atom stereocenters. The van der Waals surface area contributed by atoms with Gasteiger partial charge in [-0.2, -0.15) is 0 Å². The number of hydrogen-bond donors (Lipinski definition) is 1. The first-order chi connectivity index (χ1) is 14.5. The van der Waals surface area contributed by atoms with Crippen LogP contribution in [0.15, 0.2) is 88.7 Å². The molecule has 1 aliphatic heterocycles. The van der Waals surface area contributed by atoms with E-state index in [0.29, 0.717) is 5.56 Å². The molecule has 0 radical (unpaired) electrons. The summed E-state index contributed by atoms with van der Waals surface area (Å²) in [6.07, 6.45) is 1.31. The molecule has 0 bridgehead atoms. The summed E-state index contributed by atoms with van der Waals surface area (Å²) in [6.45, 7) is 0.103. The van der Waals surface area contributed by atoms with Crippen LogP contribution in [0.2, 0.25) is 0 Å². The fourth-order valence-corrected chi connectivity index (χ4v) is 3.52. The molecule has 2 heterocycles. The number of nitro benzene ring substituents is 1. The highest BCUT2D eigenvalue weighted by Gasteiger charge is 2.44. The molecule has 1 aliphatic rings. The van der Waals surface area contributed by atoms with Crippen LogP contribution in [0.5, 0.6) is 0 Å². The van der Waals surface area contributed by atoms with Crippen molar-refractivity contribution >= 4 is 17.4 Å². The highest BCUT2D eigenvalue weighted by atomic mass is 16.6. The Bertz CT molecular complexity index is 1150. The normalized spacial score (nSPS) is 16.2. The Morgan fingerprint density at radius 1 is 1.10 bits per heavy atom. The Hall–Kier alpha value is -4.20. The predicted octanol–water partition coefficient (Wildman–Crippen LogP) is 3.97. The van der Waals surface area contributed by atoms with E-state index in [1.54, 1.807) is 30.3 Å². The first kappa shape index (κ1) is 19.1. The fraction of sp³-hybridized carbons (Fsp3) is 0.0909. The Labute approximate surface area is 170 Å². The SMILES string of the molecule is O=C(C1=C(O)C(=O)N(Cc2ccccc2)[C@@H]1c1cccc([N+](=O)[O-])c1)c1ccco1. The third kappa shape index (κ3) is 3.35. The standard InChI is InChI=1S/C22H16N2O6/c25-20(17-10-5-11-30-17)18-19(15-8-4-9-16(12-15)24(28)29)23(22(27)21(18)26)13-14-6-2-1-3-7-14/h1-12,19,26H,13H2/t19-/m1/s1. The third-order valence-corrected chi connectivity index (χ3v) is 4.89. The van der Waals surface area contributed by atoms with Crippen molar-refractivity contribution in [3.8, 4) is 0 Å². The van der Waals surface area contributed by atoms with Crippen LogP contribution in [0.4, 0.5) is 5.69 Å². The maximum absolute atomic E-state index is 13.0. The van der Waals surface area contributed by atoms with Gasteiger partial charge in [0.2, 0.25) is 5.78 Å². The third-order valence-electron chi connectivity index (χ3n) is 4.89. The van der Waals surface area contributed by atoms with Crippen molar-refractivity contribution in [3.05, 3.63) is 111 Å². The monoisotopic (exact) mass is 404 g/mol. The van der Waals surface area contributed by atoms with Gasteiger partial charge in [-0.05, 0) is 23.3 Å². The van der Waals surface area contributed by atoms with Gasteiger partial charge in [0.15, 0.2) is 11.5 Å². The molecule has 0 unspecified atom stereocenters. The van der Waals surface area contributed by atoms with Crippen LogP contribution in [0, 0.1) is 10.1 Å². The summed E-state index contributed by atoms with van der Waals surface area (Å²) >= 11 is 0. The van der Waals surface area contributed by atoms with E-state index < -0.39 is 28.4 Å². The quantitative estimate of drug-likeness (QED) is 0.378. The van der Waals surface area contributed by atoms with E-state index in [4.69, 9.17) is 4.42 Å². The highest BCUT2D eigenvalue weighted by molar-refractivity contribution is 6.15. The molecule has 8 heteroatoms. The molecule has 150 valence electrons. The van der Waals surface area contributed by atoms with E-state index in [2.05, 4.69) is 0 Å². The van der Waals surface area contributed by atoms with Gasteiger partial charge >= 0.3 is 0 Å². The summed E-state index contributed by atoms with van der Waals surface area (Å²) in [6, 6.07) is 16.7. The molecule has 1 amide bonds. The van der Waals surface area contributed by atoms with Crippen LogP contribution in [0.1, 0.15) is 27.7 Å². The molecule has 0 fully saturated rings. The number of non-ortho nitro benzene ring substituents is 1. The number of benzene rings is 2. The van der Waals surface area contributed by atoms with Crippen LogP contribution in [-0.2, 0) is 11.3 Å². The van der Waals surface area contributed by atoms with E-state index in [9.17, 15) is 24.8 Å². The summed E-state index contributed by atoms with van der Waals surface area (Å²) in [7, 11) is 0. The van der Waals surface area contributed by atoms with Crippen LogP contribution < -0.4 is 0 Å². The Balaban J connectivity index is 1.83. The number of Topliss-reactive ketones (excluding diaryl/α,β-unsaturated/α-hetero) is 1. The van der Waals surface area contributed by atoms with Gasteiger partial charge in [0.25, 0.3) is 11.6 Å². The zero-order valence-electron chi connectivity index (χ0n) is 15.6. The number of nitro groups is 1. The van der Waals surface area contributed by atoms with E-state index >= 15 is 0 Å². The second-order valence-corrected chi connectivity index (χ2v) is 6.74. The smallest absolute Gasteiger partial charge is 0.290 e. The number of amides is 1. The van der Waals surface area contributed by atoms with Crippen molar-refractivity contribution in [2.75, 3.05) is 0 Å². The lowest BCUT2D eigenvalue weighted by molar-refractivity contribution is -0.384. The first-order valence-corrected chi connectivity index (χ1v) is 9.08. The minimum atomic E-state index is -1.00. The number of furan rings is 1. The van der Waals surface area contributed by atoms with Gasteiger partial charge in [0, 0.05) is 18.7 Å². The molecule has 0 saturated carbocycles. The molecule has 0 aliphatic carbocycles. The number of rotatable bonds is 6. The van der Waals surface area contributed by atoms with Gasteiger partial charge in [-0.15, -0.1) is 0 Å². The predicted molar refractivity (Wildman–Crippen MR) is 106 cm³/mol. The Morgan fingerprint density at radius 2 is 1.87 bits per heavy atom. The van der Waals surface area contributed by atoms with Gasteiger partial charge in [-0.25, -0.2) is 0 Å². The number of hydrogen-bond acceptors (Lipinski definition) is 6. The molecule has 4 rings (SSSR count). The average Bonchev–Trinajstić information content (AvgIpc) is 3.37. The van der Waals surface area contributed by atoms with Crippen molar-refractivity contribution in [3.63, 3.8) is 0 Å². The van der Waals surface area contributed by atoms with Crippen molar-refractivity contribution in [1.29, 1.82) is 0 Å². The Kier molecular flexibility index (Phi) is 4.89. The molecule has 1 aromatic heterocycles. The molecule has 30 heavy (non-hydrogen) atoms. The van der Waals surface area contributed by atoms with Crippen LogP contribution in [0.25, 0.3) is 0 Å². The largest absolute Gasteiger partial charge is 0.503 e. The number of carbonyl (C=O) groups is 2. The van der Waals surface area contributed by atoms with Gasteiger partial charge in [0.05, 0.1) is 22.8 Å². The summed E-state index contributed by atoms with van der Waals surface area (Å²) in [5.74, 6) is -2.12. The summed E-state index contributed by atoms with van der Waals surface area (Å²) in [5, 5.41) is 21.8. The van der Waals surface area contributed by atoms with Crippen molar-refractivity contribution < 1.29 is 24.0 Å². The molecule has 2 aromatic carbocycles. The lowest BCUT2D eigenvalue weighted by atomic mass is 9.94. The Morgan fingerprint density at radius 3 is 2.53 bits per heavy atom. The summed E-state index contributed by atoms with van der Waals surface area (Å²) in [4.78, 5) is 38.0. The molecule has 8 nitrogen and oxygen atoms in total. The number of aliphatic hydroxyl groups is 1. The minimum absolute atomic E-state index is 0.0404. The zero-order valence-corrected chi connectivity index (χ0v) is 15.6. The summed E-state index contributed by atoms with van der Waals surface area (Å²) in [5.41, 5.74) is 0.760. The fourth-order valence-electron chi connectivity index (χ4n) is 3.52.